The van der Waals surface area contributed by atoms with Gasteiger partial charge < -0.3 is 10.2 Å². The Kier molecular flexibility index (Phi) is 7.38. The highest BCUT2D eigenvalue weighted by atomic mass is 32.2. The summed E-state index contributed by atoms with van der Waals surface area (Å²) in [7, 11) is -3.75. The van der Waals surface area contributed by atoms with Crippen LogP contribution in [0.2, 0.25) is 0 Å². The van der Waals surface area contributed by atoms with Gasteiger partial charge in [-0.15, -0.1) is 0 Å². The first-order valence-electron chi connectivity index (χ1n) is 11.0. The number of carbonyl (C=O) groups is 1. The third-order valence-corrected chi connectivity index (χ3v) is 7.60. The number of rotatable bonds is 7. The summed E-state index contributed by atoms with van der Waals surface area (Å²) in [4.78, 5) is 15.2. The van der Waals surface area contributed by atoms with E-state index in [1.807, 2.05) is 45.0 Å². The summed E-state index contributed by atoms with van der Waals surface area (Å²) in [6.07, 6.45) is 3.91. The maximum absolute atomic E-state index is 13.3. The highest BCUT2D eigenvalue weighted by Gasteiger charge is 2.28. The molecule has 1 aliphatic rings. The zero-order valence-corrected chi connectivity index (χ0v) is 19.6. The van der Waals surface area contributed by atoms with Crippen molar-refractivity contribution in [2.24, 2.45) is 0 Å². The van der Waals surface area contributed by atoms with Gasteiger partial charge in [-0.3, -0.25) is 4.79 Å². The first-order valence-corrected chi connectivity index (χ1v) is 12.5. The van der Waals surface area contributed by atoms with Gasteiger partial charge >= 0.3 is 0 Å². The molecule has 2 N–H and O–H groups in total. The van der Waals surface area contributed by atoms with Crippen LogP contribution < -0.4 is 14.9 Å². The van der Waals surface area contributed by atoms with E-state index in [-0.39, 0.29) is 22.9 Å². The first kappa shape index (κ1) is 23.3. The van der Waals surface area contributed by atoms with E-state index in [4.69, 9.17) is 0 Å². The minimum absolute atomic E-state index is 0.179. The van der Waals surface area contributed by atoms with E-state index >= 15 is 0 Å². The minimum atomic E-state index is -3.75. The second-order valence-electron chi connectivity index (χ2n) is 8.42. The molecular formula is C24H33N3O3S. The van der Waals surface area contributed by atoms with Gasteiger partial charge in [0.15, 0.2) is 0 Å². The van der Waals surface area contributed by atoms with E-state index in [2.05, 4.69) is 21.9 Å². The SMILES string of the molecule is CC[C@@H](C)NS(=O)(=O)c1cc(NC(=O)c2ccccc2C)ccc1N1CCCC[C@H]1C. The van der Waals surface area contributed by atoms with Crippen molar-refractivity contribution >= 4 is 27.3 Å². The summed E-state index contributed by atoms with van der Waals surface area (Å²) in [5, 5.41) is 2.87. The molecule has 2 atom stereocenters. The van der Waals surface area contributed by atoms with Gasteiger partial charge in [-0.1, -0.05) is 25.1 Å². The molecule has 1 heterocycles. The molecule has 0 aliphatic carbocycles. The molecule has 0 spiro atoms. The lowest BCUT2D eigenvalue weighted by atomic mass is 10.0. The van der Waals surface area contributed by atoms with Crippen LogP contribution in [-0.2, 0) is 10.0 Å². The number of sulfonamides is 1. The third-order valence-electron chi connectivity index (χ3n) is 5.98. The van der Waals surface area contributed by atoms with Gasteiger partial charge in [-0.2, -0.15) is 0 Å². The number of nitrogens with zero attached hydrogens (tertiary/aromatic N) is 1. The van der Waals surface area contributed by atoms with Gasteiger partial charge in [0.1, 0.15) is 4.90 Å². The number of aryl methyl sites for hydroxylation is 1. The number of amides is 1. The Morgan fingerprint density at radius 2 is 1.94 bits per heavy atom. The maximum atomic E-state index is 13.3. The summed E-state index contributed by atoms with van der Waals surface area (Å²) in [6.45, 7) is 8.62. The summed E-state index contributed by atoms with van der Waals surface area (Å²) < 4.78 is 29.3. The number of benzene rings is 2. The van der Waals surface area contributed by atoms with E-state index in [1.165, 1.54) is 0 Å². The number of hydrogen-bond donors (Lipinski definition) is 2. The fourth-order valence-electron chi connectivity index (χ4n) is 3.94. The molecule has 168 valence electrons. The van der Waals surface area contributed by atoms with Crippen LogP contribution in [-0.4, -0.2) is 33.0 Å². The minimum Gasteiger partial charge on any atom is -0.368 e. The largest absolute Gasteiger partial charge is 0.368 e. The quantitative estimate of drug-likeness (QED) is 0.650. The van der Waals surface area contributed by atoms with E-state index in [1.54, 1.807) is 18.2 Å². The highest BCUT2D eigenvalue weighted by Crippen LogP contribution is 2.33. The molecule has 3 rings (SSSR count). The van der Waals surface area contributed by atoms with Crippen molar-refractivity contribution in [2.75, 3.05) is 16.8 Å². The predicted octanol–water partition coefficient (Wildman–Crippen LogP) is 4.70. The summed E-state index contributed by atoms with van der Waals surface area (Å²) >= 11 is 0. The average molecular weight is 444 g/mol. The van der Waals surface area contributed by atoms with Crippen LogP contribution in [0.25, 0.3) is 0 Å². The Bertz CT molecular complexity index is 1040. The zero-order valence-electron chi connectivity index (χ0n) is 18.8. The van der Waals surface area contributed by atoms with Gasteiger partial charge in [-0.25, -0.2) is 13.1 Å². The molecule has 0 radical (unpaired) electrons. The van der Waals surface area contributed by atoms with Gasteiger partial charge in [0.05, 0.1) is 5.69 Å². The predicted molar refractivity (Wildman–Crippen MR) is 126 cm³/mol. The zero-order chi connectivity index (χ0) is 22.6. The molecule has 0 bridgehead atoms. The molecule has 1 amide bonds. The standard InChI is InChI=1S/C24H33N3O3S/c1-5-18(3)26-31(29,30)23-16-20(25-24(28)21-12-7-6-10-17(21)2)13-14-22(23)27-15-9-8-11-19(27)4/h6-7,10,12-14,16,18-19,26H,5,8-9,11,15H2,1-4H3,(H,25,28)/t18-,19-/m1/s1. The molecule has 1 saturated heterocycles. The van der Waals surface area contributed by atoms with E-state index in [0.29, 0.717) is 23.4 Å². The molecule has 6 nitrogen and oxygen atoms in total. The number of piperidine rings is 1. The fourth-order valence-corrected chi connectivity index (χ4v) is 5.50. The summed E-state index contributed by atoms with van der Waals surface area (Å²) in [5.74, 6) is -0.254. The molecular weight excluding hydrogens is 410 g/mol. The Labute approximate surface area is 186 Å². The molecule has 1 fully saturated rings. The molecule has 1 aliphatic heterocycles. The highest BCUT2D eigenvalue weighted by molar-refractivity contribution is 7.89. The Morgan fingerprint density at radius 1 is 1.19 bits per heavy atom. The van der Waals surface area contributed by atoms with Crippen molar-refractivity contribution in [3.63, 3.8) is 0 Å². The van der Waals surface area contributed by atoms with E-state index < -0.39 is 10.0 Å². The summed E-state index contributed by atoms with van der Waals surface area (Å²) in [6, 6.07) is 12.6. The lowest BCUT2D eigenvalue weighted by Gasteiger charge is -2.36. The van der Waals surface area contributed by atoms with Gasteiger partial charge in [-0.05, 0) is 76.3 Å². The first-order chi connectivity index (χ1) is 14.7. The van der Waals surface area contributed by atoms with Crippen LogP contribution in [0.5, 0.6) is 0 Å². The molecule has 0 aromatic heterocycles. The Morgan fingerprint density at radius 3 is 2.61 bits per heavy atom. The van der Waals surface area contributed by atoms with Crippen molar-refractivity contribution in [3.8, 4) is 0 Å². The lowest BCUT2D eigenvalue weighted by molar-refractivity contribution is 0.102. The normalized spacial score (nSPS) is 17.9. The number of carbonyl (C=O) groups excluding carboxylic acids is 1. The number of anilines is 2. The van der Waals surface area contributed by atoms with E-state index in [9.17, 15) is 13.2 Å². The van der Waals surface area contributed by atoms with Crippen molar-refractivity contribution in [2.45, 2.75) is 70.4 Å². The Balaban J connectivity index is 1.99. The van der Waals surface area contributed by atoms with Crippen molar-refractivity contribution in [1.29, 1.82) is 0 Å². The molecule has 31 heavy (non-hydrogen) atoms. The second kappa shape index (κ2) is 9.83. The van der Waals surface area contributed by atoms with Crippen LogP contribution in [0.15, 0.2) is 47.4 Å². The topological polar surface area (TPSA) is 78.5 Å². The van der Waals surface area contributed by atoms with Crippen molar-refractivity contribution in [3.05, 3.63) is 53.6 Å². The van der Waals surface area contributed by atoms with Crippen molar-refractivity contribution in [1.82, 2.24) is 4.72 Å². The molecule has 0 saturated carbocycles. The fraction of sp³-hybridized carbons (Fsp3) is 0.458. The maximum Gasteiger partial charge on any atom is 0.255 e. The van der Waals surface area contributed by atoms with E-state index in [0.717, 1.165) is 31.4 Å². The van der Waals surface area contributed by atoms with Crippen LogP contribution in [0.4, 0.5) is 11.4 Å². The average Bonchev–Trinajstić information content (AvgIpc) is 2.74. The third kappa shape index (κ3) is 5.46. The molecule has 2 aromatic rings. The van der Waals surface area contributed by atoms with Gasteiger partial charge in [0.25, 0.3) is 5.91 Å². The summed E-state index contributed by atoms with van der Waals surface area (Å²) in [5.41, 5.74) is 2.59. The molecule has 0 unspecified atom stereocenters. The van der Waals surface area contributed by atoms with Gasteiger partial charge in [0, 0.05) is 29.9 Å². The monoisotopic (exact) mass is 443 g/mol. The van der Waals surface area contributed by atoms with Crippen LogP contribution in [0, 0.1) is 6.92 Å². The Hall–Kier alpha value is -2.38. The van der Waals surface area contributed by atoms with Gasteiger partial charge in [0.2, 0.25) is 10.0 Å². The van der Waals surface area contributed by atoms with Crippen LogP contribution >= 0.6 is 0 Å². The number of hydrogen-bond acceptors (Lipinski definition) is 4. The van der Waals surface area contributed by atoms with Crippen LogP contribution in [0.3, 0.4) is 0 Å². The molecule has 7 heteroatoms. The van der Waals surface area contributed by atoms with Crippen LogP contribution in [0.1, 0.15) is 62.4 Å². The molecule has 2 aromatic carbocycles. The number of nitrogens with one attached hydrogen (secondary N) is 2. The van der Waals surface area contributed by atoms with Crippen molar-refractivity contribution < 1.29 is 13.2 Å². The lowest BCUT2D eigenvalue weighted by Crippen LogP contribution is -2.39. The second-order valence-corrected chi connectivity index (χ2v) is 10.1. The smallest absolute Gasteiger partial charge is 0.255 e.